The van der Waals surface area contributed by atoms with E-state index in [0.29, 0.717) is 0 Å². The molecule has 0 aliphatic carbocycles. The fraction of sp³-hybridized carbons (Fsp3) is 1.00. The summed E-state index contributed by atoms with van der Waals surface area (Å²) in [6.07, 6.45) is 0. The predicted molar refractivity (Wildman–Crippen MR) is 40.0 cm³/mol. The molecule has 0 saturated carbocycles. The second kappa shape index (κ2) is 8.11. The summed E-state index contributed by atoms with van der Waals surface area (Å²) in [5.41, 5.74) is 0. The maximum atomic E-state index is 3.22. The second-order valence-electron chi connectivity index (χ2n) is 1.50. The zero-order valence-electron chi connectivity index (χ0n) is 3.83. The fourth-order valence-electron chi connectivity index (χ4n) is 0.604. The van der Waals surface area contributed by atoms with E-state index in [0.717, 1.165) is 26.2 Å². The monoisotopic (exact) mass is 102 g/mol. The molecule has 1 saturated heterocycles. The molecule has 2 nitrogen and oxygen atoms in total. The Bertz CT molecular complexity index is 27.5. The first-order valence-corrected chi connectivity index (χ1v) is 2.41. The molecule has 0 spiro atoms. The average molecular weight is 102 g/mol. The molecule has 1 heterocycles. The van der Waals surface area contributed by atoms with Crippen LogP contribution in [0.3, 0.4) is 0 Å². The summed E-state index contributed by atoms with van der Waals surface area (Å²) in [5, 5.41) is 6.44. The Morgan fingerprint density at radius 3 is 1.00 bits per heavy atom. The molecule has 4 heteroatoms. The molecule has 2 N–H and O–H groups in total. The van der Waals surface area contributed by atoms with E-state index >= 15 is 0 Å². The molecule has 1 fully saturated rings. The van der Waals surface area contributed by atoms with Crippen molar-refractivity contribution in [1.82, 2.24) is 10.6 Å². The van der Waals surface area contributed by atoms with Gasteiger partial charge in [-0.15, -0.1) is 0 Å². The average Bonchev–Trinajstić information content (AvgIpc) is 1.72. The van der Waals surface area contributed by atoms with Gasteiger partial charge in [-0.25, -0.2) is 0 Å². The van der Waals surface area contributed by atoms with Gasteiger partial charge in [-0.3, -0.25) is 0 Å². The minimum atomic E-state index is 0. The van der Waals surface area contributed by atoms with Gasteiger partial charge in [0.1, 0.15) is 0 Å². The van der Waals surface area contributed by atoms with E-state index in [1.54, 1.807) is 0 Å². The number of piperazine rings is 1. The molecular weight excluding hydrogens is 89.9 g/mol. The molecule has 0 aromatic rings. The zero-order valence-corrected chi connectivity index (χ0v) is 3.83. The number of hydrogen-bond donors (Lipinski definition) is 2. The van der Waals surface area contributed by atoms with E-state index in [4.69, 9.17) is 0 Å². The molecule has 0 aromatic heterocycles. The Kier molecular flexibility index (Phi) is 12.0. The number of hydrogen-bond acceptors (Lipinski definition) is 2. The van der Waals surface area contributed by atoms with Crippen molar-refractivity contribution in [3.8, 4) is 0 Å². The van der Waals surface area contributed by atoms with Crippen molar-refractivity contribution in [3.05, 3.63) is 0 Å². The van der Waals surface area contributed by atoms with Crippen LogP contribution in [-0.2, 0) is 0 Å². The first-order chi connectivity index (χ1) is 3.00. The van der Waals surface area contributed by atoms with Gasteiger partial charge in [0.2, 0.25) is 0 Å². The van der Waals surface area contributed by atoms with Gasteiger partial charge in [-0.05, 0) is 0 Å². The van der Waals surface area contributed by atoms with Gasteiger partial charge in [0, 0.05) is 26.2 Å². The van der Waals surface area contributed by atoms with E-state index in [-0.39, 0.29) is 37.7 Å². The van der Waals surface area contributed by atoms with Crippen LogP contribution in [0.2, 0.25) is 0 Å². The van der Waals surface area contributed by atoms with E-state index in [1.807, 2.05) is 0 Å². The number of nitrogens with one attached hydrogen (secondary N) is 2. The molecule has 0 radical (unpaired) electrons. The molecule has 0 atom stereocenters. The Morgan fingerprint density at radius 1 is 0.625 bits per heavy atom. The van der Waals surface area contributed by atoms with Gasteiger partial charge >= 0.3 is 37.7 Å². The van der Waals surface area contributed by atoms with E-state index in [9.17, 15) is 0 Å². The summed E-state index contributed by atoms with van der Waals surface area (Å²) in [4.78, 5) is 0. The quantitative estimate of drug-likeness (QED) is 0.342. The molecule has 8 heavy (non-hydrogen) atoms. The van der Waals surface area contributed by atoms with Crippen molar-refractivity contribution in [2.75, 3.05) is 26.2 Å². The summed E-state index contributed by atoms with van der Waals surface area (Å²) >= 11 is 0. The van der Waals surface area contributed by atoms with Crippen LogP contribution in [0.4, 0.5) is 0 Å². The minimum absolute atomic E-state index is 0. The Hall–Kier alpha value is 1.11. The van der Waals surface area contributed by atoms with E-state index in [1.165, 1.54) is 0 Å². The van der Waals surface area contributed by atoms with Crippen LogP contribution < -0.4 is 10.6 Å². The Balaban J connectivity index is 0. The normalized spacial score (nSPS) is 18.0. The van der Waals surface area contributed by atoms with Gasteiger partial charge in [0.05, 0.1) is 0 Å². The van der Waals surface area contributed by atoms with Crippen LogP contribution in [-0.4, -0.2) is 63.9 Å². The summed E-state index contributed by atoms with van der Waals surface area (Å²) in [6, 6.07) is 0. The first kappa shape index (κ1) is 11.9. The molecule has 0 aromatic carbocycles. The Labute approximate surface area is 74.5 Å². The maximum absolute atomic E-state index is 3.22. The summed E-state index contributed by atoms with van der Waals surface area (Å²) in [6.45, 7) is 4.56. The molecule has 0 unspecified atom stereocenters. The van der Waals surface area contributed by atoms with Crippen LogP contribution in [0.25, 0.3) is 0 Å². The van der Waals surface area contributed by atoms with Gasteiger partial charge in [0.25, 0.3) is 0 Å². The van der Waals surface area contributed by atoms with Crippen LogP contribution in [0.1, 0.15) is 0 Å². The fourth-order valence-corrected chi connectivity index (χ4v) is 0.604. The van der Waals surface area contributed by atoms with Crippen molar-refractivity contribution >= 4 is 37.7 Å². The molecule has 0 amide bonds. The van der Waals surface area contributed by atoms with Gasteiger partial charge in [0.15, 0.2) is 0 Å². The first-order valence-electron chi connectivity index (χ1n) is 2.41. The third-order valence-corrected chi connectivity index (χ3v) is 0.957. The standard InChI is InChI=1S/C4H10N2.2Li.2H/c1-2-6-4-3-5-1;;;;/h5-6H,1-4H2;;;;. The summed E-state index contributed by atoms with van der Waals surface area (Å²) in [7, 11) is 0. The van der Waals surface area contributed by atoms with Crippen molar-refractivity contribution in [1.29, 1.82) is 0 Å². The van der Waals surface area contributed by atoms with Gasteiger partial charge in [-0.1, -0.05) is 0 Å². The van der Waals surface area contributed by atoms with E-state index < -0.39 is 0 Å². The van der Waals surface area contributed by atoms with Crippen LogP contribution in [0, 0.1) is 0 Å². The van der Waals surface area contributed by atoms with Crippen LogP contribution >= 0.6 is 0 Å². The molecule has 1 aliphatic rings. The third-order valence-electron chi connectivity index (χ3n) is 0.957. The second-order valence-corrected chi connectivity index (χ2v) is 1.50. The van der Waals surface area contributed by atoms with Crippen molar-refractivity contribution in [2.45, 2.75) is 0 Å². The SMILES string of the molecule is C1CNCCN1.[LiH].[LiH]. The van der Waals surface area contributed by atoms with Gasteiger partial charge < -0.3 is 10.6 Å². The predicted octanol–water partition coefficient (Wildman–Crippen LogP) is -2.12. The third kappa shape index (κ3) is 5.26. The van der Waals surface area contributed by atoms with Crippen molar-refractivity contribution in [2.24, 2.45) is 0 Å². The topological polar surface area (TPSA) is 24.1 Å². The van der Waals surface area contributed by atoms with E-state index in [2.05, 4.69) is 10.6 Å². The Morgan fingerprint density at radius 2 is 0.875 bits per heavy atom. The molecule has 1 aliphatic heterocycles. The van der Waals surface area contributed by atoms with Crippen LogP contribution in [0.15, 0.2) is 0 Å². The molecule has 1 rings (SSSR count). The van der Waals surface area contributed by atoms with Crippen LogP contribution in [0.5, 0.6) is 0 Å². The van der Waals surface area contributed by atoms with Crippen molar-refractivity contribution < 1.29 is 0 Å². The molecule has 0 bridgehead atoms. The molecular formula is C4H12Li2N2. The summed E-state index contributed by atoms with van der Waals surface area (Å²) < 4.78 is 0. The molecule has 40 valence electrons. The van der Waals surface area contributed by atoms with Crippen molar-refractivity contribution in [3.63, 3.8) is 0 Å². The zero-order chi connectivity index (χ0) is 4.24. The summed E-state index contributed by atoms with van der Waals surface area (Å²) in [5.74, 6) is 0. The number of rotatable bonds is 0. The van der Waals surface area contributed by atoms with Gasteiger partial charge in [-0.2, -0.15) is 0 Å².